The molecule has 0 bridgehead atoms. The molecular weight excluding hydrogens is 228 g/mol. The molecule has 2 N–H and O–H groups in total. The van der Waals surface area contributed by atoms with Crippen LogP contribution in [0.4, 0.5) is 5.69 Å². The smallest absolute Gasteiger partial charge is 0.166 e. The minimum absolute atomic E-state index is 0.0820. The molecule has 18 heavy (non-hydrogen) atoms. The number of nitrogens with zero attached hydrogens (tertiary/aromatic N) is 1. The fourth-order valence-electron chi connectivity index (χ4n) is 1.50. The molecule has 0 aliphatic heterocycles. The fraction of sp³-hybridized carbons (Fsp3) is 0.0714. The van der Waals surface area contributed by atoms with E-state index in [0.717, 1.165) is 5.69 Å². The van der Waals surface area contributed by atoms with Crippen molar-refractivity contribution in [3.05, 3.63) is 54.1 Å². The van der Waals surface area contributed by atoms with Crippen LogP contribution < -0.4 is 10.2 Å². The van der Waals surface area contributed by atoms with E-state index in [9.17, 15) is 5.11 Å². The highest BCUT2D eigenvalue weighted by Crippen LogP contribution is 2.27. The lowest BCUT2D eigenvalue weighted by atomic mass is 10.2. The number of methoxy groups -OCH3 is 1. The summed E-state index contributed by atoms with van der Waals surface area (Å²) in [6, 6.07) is 14.8. The first kappa shape index (κ1) is 12.0. The quantitative estimate of drug-likeness (QED) is 0.640. The summed E-state index contributed by atoms with van der Waals surface area (Å²) in [7, 11) is 1.51. The molecule has 0 aromatic heterocycles. The maximum absolute atomic E-state index is 9.84. The summed E-state index contributed by atoms with van der Waals surface area (Å²) in [5.41, 5.74) is 4.36. The summed E-state index contributed by atoms with van der Waals surface area (Å²) in [4.78, 5) is 0. The molecule has 0 saturated heterocycles. The first-order valence-electron chi connectivity index (χ1n) is 5.51. The van der Waals surface area contributed by atoms with Crippen molar-refractivity contribution in [1.82, 2.24) is 0 Å². The monoisotopic (exact) mass is 242 g/mol. The Morgan fingerprint density at radius 2 is 1.89 bits per heavy atom. The summed E-state index contributed by atoms with van der Waals surface area (Å²) in [6.07, 6.45) is 1.55. The number of anilines is 1. The van der Waals surface area contributed by atoms with Crippen molar-refractivity contribution in [2.45, 2.75) is 0 Å². The van der Waals surface area contributed by atoms with Crippen LogP contribution in [0.2, 0.25) is 0 Å². The third-order valence-corrected chi connectivity index (χ3v) is 2.42. The Hall–Kier alpha value is -2.49. The Morgan fingerprint density at radius 3 is 2.61 bits per heavy atom. The molecule has 0 heterocycles. The zero-order valence-electron chi connectivity index (χ0n) is 10.00. The van der Waals surface area contributed by atoms with Crippen molar-refractivity contribution < 1.29 is 9.84 Å². The number of hydrazone groups is 1. The predicted molar refractivity (Wildman–Crippen MR) is 72.3 cm³/mol. The molecule has 4 heteroatoms. The normalized spacial score (nSPS) is 10.5. The van der Waals surface area contributed by atoms with Crippen LogP contribution in [0.15, 0.2) is 53.6 Å². The Labute approximate surface area is 106 Å². The van der Waals surface area contributed by atoms with Gasteiger partial charge in [0.05, 0.1) is 19.0 Å². The summed E-state index contributed by atoms with van der Waals surface area (Å²) in [5.74, 6) is 0.511. The summed E-state index contributed by atoms with van der Waals surface area (Å²) < 4.78 is 5.02. The number of hydrogen-bond acceptors (Lipinski definition) is 4. The number of phenolic OH excluding ortho intramolecular Hbond substituents is 1. The van der Waals surface area contributed by atoms with Crippen molar-refractivity contribution in [1.29, 1.82) is 0 Å². The second kappa shape index (κ2) is 5.72. The van der Waals surface area contributed by atoms with E-state index in [-0.39, 0.29) is 5.75 Å². The van der Waals surface area contributed by atoms with Gasteiger partial charge in [0.25, 0.3) is 0 Å². The minimum atomic E-state index is 0.0820. The fourth-order valence-corrected chi connectivity index (χ4v) is 1.50. The summed E-state index contributed by atoms with van der Waals surface area (Å²) in [6.45, 7) is 0. The molecule has 2 rings (SSSR count). The molecular formula is C14H14N2O2. The first-order valence-corrected chi connectivity index (χ1v) is 5.51. The molecule has 0 radical (unpaired) electrons. The van der Waals surface area contributed by atoms with E-state index in [1.165, 1.54) is 7.11 Å². The van der Waals surface area contributed by atoms with Crippen molar-refractivity contribution in [3.63, 3.8) is 0 Å². The SMILES string of the molecule is COc1cccc(C=NNc2ccccc2)c1O. The van der Waals surface area contributed by atoms with Gasteiger partial charge < -0.3 is 9.84 Å². The average Bonchev–Trinajstić information content (AvgIpc) is 2.42. The van der Waals surface area contributed by atoms with E-state index >= 15 is 0 Å². The van der Waals surface area contributed by atoms with Gasteiger partial charge in [0.2, 0.25) is 0 Å². The standard InChI is InChI=1S/C14H14N2O2/c1-18-13-9-5-6-11(14(13)17)10-15-16-12-7-3-2-4-8-12/h2-10,16-17H,1H3. The van der Waals surface area contributed by atoms with Gasteiger partial charge in [-0.1, -0.05) is 24.3 Å². The van der Waals surface area contributed by atoms with E-state index in [1.54, 1.807) is 24.4 Å². The van der Waals surface area contributed by atoms with Gasteiger partial charge in [0.1, 0.15) is 0 Å². The zero-order valence-corrected chi connectivity index (χ0v) is 10.00. The van der Waals surface area contributed by atoms with Crippen LogP contribution in [0.5, 0.6) is 11.5 Å². The summed E-state index contributed by atoms with van der Waals surface area (Å²) >= 11 is 0. The topological polar surface area (TPSA) is 53.8 Å². The first-order chi connectivity index (χ1) is 8.81. The van der Waals surface area contributed by atoms with E-state index in [2.05, 4.69) is 10.5 Å². The van der Waals surface area contributed by atoms with Gasteiger partial charge in [-0.05, 0) is 24.3 Å². The van der Waals surface area contributed by atoms with E-state index < -0.39 is 0 Å². The number of benzene rings is 2. The van der Waals surface area contributed by atoms with Gasteiger partial charge in [-0.15, -0.1) is 0 Å². The number of aromatic hydroxyl groups is 1. The molecule has 4 nitrogen and oxygen atoms in total. The van der Waals surface area contributed by atoms with Crippen molar-refractivity contribution >= 4 is 11.9 Å². The lowest BCUT2D eigenvalue weighted by Gasteiger charge is -2.05. The number of ether oxygens (including phenoxy) is 1. The minimum Gasteiger partial charge on any atom is -0.504 e. The lowest BCUT2D eigenvalue weighted by Crippen LogP contribution is -1.92. The molecule has 0 aliphatic rings. The molecule has 92 valence electrons. The van der Waals surface area contributed by atoms with Crippen LogP contribution >= 0.6 is 0 Å². The van der Waals surface area contributed by atoms with Gasteiger partial charge in [-0.3, -0.25) is 5.43 Å². The number of rotatable bonds is 4. The van der Waals surface area contributed by atoms with Crippen LogP contribution in [0.25, 0.3) is 0 Å². The van der Waals surface area contributed by atoms with E-state index in [4.69, 9.17) is 4.74 Å². The van der Waals surface area contributed by atoms with E-state index in [1.807, 2.05) is 30.3 Å². The maximum Gasteiger partial charge on any atom is 0.166 e. The van der Waals surface area contributed by atoms with Crippen LogP contribution in [-0.2, 0) is 0 Å². The second-order valence-corrected chi connectivity index (χ2v) is 3.63. The van der Waals surface area contributed by atoms with Crippen LogP contribution in [0.1, 0.15) is 5.56 Å². The number of para-hydroxylation sites is 2. The van der Waals surface area contributed by atoms with E-state index in [0.29, 0.717) is 11.3 Å². The summed E-state index contributed by atoms with van der Waals surface area (Å²) in [5, 5.41) is 13.9. The molecule has 2 aromatic rings. The third-order valence-electron chi connectivity index (χ3n) is 2.42. The number of phenols is 1. The zero-order chi connectivity index (χ0) is 12.8. The van der Waals surface area contributed by atoms with Gasteiger partial charge in [0.15, 0.2) is 11.5 Å². The number of nitrogens with one attached hydrogen (secondary N) is 1. The predicted octanol–water partition coefficient (Wildman–Crippen LogP) is 2.85. The molecule has 0 fully saturated rings. The molecule has 0 spiro atoms. The Kier molecular flexibility index (Phi) is 3.81. The highest BCUT2D eigenvalue weighted by atomic mass is 16.5. The Balaban J connectivity index is 2.10. The number of hydrogen-bond donors (Lipinski definition) is 2. The molecule has 0 saturated carbocycles. The van der Waals surface area contributed by atoms with Gasteiger partial charge in [-0.25, -0.2) is 0 Å². The average molecular weight is 242 g/mol. The molecule has 0 aliphatic carbocycles. The van der Waals surface area contributed by atoms with Gasteiger partial charge in [0, 0.05) is 5.56 Å². The Morgan fingerprint density at radius 1 is 1.11 bits per heavy atom. The lowest BCUT2D eigenvalue weighted by molar-refractivity contribution is 0.373. The van der Waals surface area contributed by atoms with Crippen molar-refractivity contribution in [2.24, 2.45) is 5.10 Å². The second-order valence-electron chi connectivity index (χ2n) is 3.63. The van der Waals surface area contributed by atoms with Gasteiger partial charge in [-0.2, -0.15) is 5.10 Å². The van der Waals surface area contributed by atoms with Gasteiger partial charge >= 0.3 is 0 Å². The molecule has 0 unspecified atom stereocenters. The Bertz CT molecular complexity index is 539. The van der Waals surface area contributed by atoms with Crippen LogP contribution in [0, 0.1) is 0 Å². The highest BCUT2D eigenvalue weighted by Gasteiger charge is 2.04. The molecule has 0 atom stereocenters. The third kappa shape index (κ3) is 2.79. The van der Waals surface area contributed by atoms with Crippen LogP contribution in [0.3, 0.4) is 0 Å². The maximum atomic E-state index is 9.84. The molecule has 2 aromatic carbocycles. The highest BCUT2D eigenvalue weighted by molar-refractivity contribution is 5.85. The van der Waals surface area contributed by atoms with Crippen molar-refractivity contribution in [3.8, 4) is 11.5 Å². The van der Waals surface area contributed by atoms with Crippen molar-refractivity contribution in [2.75, 3.05) is 12.5 Å². The largest absolute Gasteiger partial charge is 0.504 e. The molecule has 0 amide bonds. The van der Waals surface area contributed by atoms with Crippen LogP contribution in [-0.4, -0.2) is 18.4 Å².